The van der Waals surface area contributed by atoms with E-state index in [1.165, 1.54) is 0 Å². The van der Waals surface area contributed by atoms with E-state index in [9.17, 15) is 4.79 Å². The molecule has 2 N–H and O–H groups in total. The molecular weight excluding hydrogens is 330 g/mol. The zero-order valence-electron chi connectivity index (χ0n) is 14.6. The van der Waals surface area contributed by atoms with Crippen molar-refractivity contribution in [2.24, 2.45) is 0 Å². The van der Waals surface area contributed by atoms with Gasteiger partial charge in [0.15, 0.2) is 0 Å². The fourth-order valence-electron chi connectivity index (χ4n) is 2.40. The summed E-state index contributed by atoms with van der Waals surface area (Å²) in [7, 11) is 1.56. The van der Waals surface area contributed by atoms with E-state index in [0.29, 0.717) is 29.6 Å². The SMILES string of the molecule is COc1ccccc1NC(=O)c1cc(NCc2cccnc2)nc(C)n1. The molecule has 0 spiro atoms. The third-order valence-electron chi connectivity index (χ3n) is 3.62. The van der Waals surface area contributed by atoms with Crippen molar-refractivity contribution in [1.29, 1.82) is 0 Å². The second-order valence-corrected chi connectivity index (χ2v) is 5.55. The van der Waals surface area contributed by atoms with Crippen LogP contribution in [0, 0.1) is 6.92 Å². The van der Waals surface area contributed by atoms with E-state index in [1.54, 1.807) is 44.6 Å². The zero-order valence-corrected chi connectivity index (χ0v) is 14.6. The Bertz CT molecular complexity index is 899. The largest absolute Gasteiger partial charge is 0.495 e. The number of para-hydroxylation sites is 2. The molecule has 7 nitrogen and oxygen atoms in total. The predicted molar refractivity (Wildman–Crippen MR) is 99.3 cm³/mol. The molecule has 0 radical (unpaired) electrons. The summed E-state index contributed by atoms with van der Waals surface area (Å²) in [6, 6.07) is 12.7. The highest BCUT2D eigenvalue weighted by Gasteiger charge is 2.13. The highest BCUT2D eigenvalue weighted by Crippen LogP contribution is 2.23. The number of hydrogen-bond acceptors (Lipinski definition) is 6. The number of anilines is 2. The molecule has 0 aliphatic rings. The summed E-state index contributed by atoms with van der Waals surface area (Å²) >= 11 is 0. The van der Waals surface area contributed by atoms with Gasteiger partial charge >= 0.3 is 0 Å². The van der Waals surface area contributed by atoms with Gasteiger partial charge < -0.3 is 15.4 Å². The molecule has 1 amide bonds. The third-order valence-corrected chi connectivity index (χ3v) is 3.62. The van der Waals surface area contributed by atoms with Gasteiger partial charge in [0.05, 0.1) is 12.8 Å². The van der Waals surface area contributed by atoms with Gasteiger partial charge in [0.2, 0.25) is 0 Å². The number of carbonyl (C=O) groups excluding carboxylic acids is 1. The molecule has 7 heteroatoms. The first-order chi connectivity index (χ1) is 12.7. The minimum atomic E-state index is -0.329. The Morgan fingerprint density at radius 2 is 2.00 bits per heavy atom. The van der Waals surface area contributed by atoms with Crippen LogP contribution in [0.4, 0.5) is 11.5 Å². The summed E-state index contributed by atoms with van der Waals surface area (Å²) in [5.74, 6) is 1.34. The van der Waals surface area contributed by atoms with Crippen molar-refractivity contribution in [3.8, 4) is 5.75 Å². The van der Waals surface area contributed by atoms with Gasteiger partial charge in [-0.05, 0) is 30.7 Å². The molecule has 3 aromatic rings. The lowest BCUT2D eigenvalue weighted by molar-refractivity contribution is 0.102. The number of rotatable bonds is 6. The highest BCUT2D eigenvalue weighted by molar-refractivity contribution is 6.04. The first-order valence-corrected chi connectivity index (χ1v) is 8.08. The van der Waals surface area contributed by atoms with Crippen LogP contribution >= 0.6 is 0 Å². The molecule has 0 saturated carbocycles. The fourth-order valence-corrected chi connectivity index (χ4v) is 2.40. The summed E-state index contributed by atoms with van der Waals surface area (Å²) in [6.07, 6.45) is 3.50. The molecule has 2 aromatic heterocycles. The summed E-state index contributed by atoms with van der Waals surface area (Å²) in [5, 5.41) is 6.00. The number of hydrogen-bond donors (Lipinski definition) is 2. The Labute approximate surface area is 151 Å². The third kappa shape index (κ3) is 4.32. The minimum absolute atomic E-state index is 0.275. The first-order valence-electron chi connectivity index (χ1n) is 8.08. The smallest absolute Gasteiger partial charge is 0.274 e. The van der Waals surface area contributed by atoms with Crippen molar-refractivity contribution in [1.82, 2.24) is 15.0 Å². The summed E-state index contributed by atoms with van der Waals surface area (Å²) in [5.41, 5.74) is 1.88. The number of carbonyl (C=O) groups is 1. The minimum Gasteiger partial charge on any atom is -0.495 e. The lowest BCUT2D eigenvalue weighted by atomic mass is 10.2. The number of benzene rings is 1. The van der Waals surface area contributed by atoms with Crippen LogP contribution in [0.1, 0.15) is 21.9 Å². The monoisotopic (exact) mass is 349 g/mol. The predicted octanol–water partition coefficient (Wildman–Crippen LogP) is 3.05. The topological polar surface area (TPSA) is 89.0 Å². The van der Waals surface area contributed by atoms with E-state index in [1.807, 2.05) is 24.3 Å². The molecular formula is C19H19N5O2. The molecule has 0 aliphatic heterocycles. The van der Waals surface area contributed by atoms with Gasteiger partial charge in [-0.25, -0.2) is 9.97 Å². The quantitative estimate of drug-likeness (QED) is 0.711. The van der Waals surface area contributed by atoms with E-state index in [2.05, 4.69) is 25.6 Å². The number of aromatic nitrogens is 3. The van der Waals surface area contributed by atoms with Crippen LogP contribution in [0.5, 0.6) is 5.75 Å². The van der Waals surface area contributed by atoms with Crippen molar-refractivity contribution >= 4 is 17.4 Å². The normalized spacial score (nSPS) is 10.2. The standard InChI is InChI=1S/C19H19N5O2/c1-13-22-16(19(25)24-15-7-3-4-8-17(15)26-2)10-18(23-13)21-12-14-6-5-9-20-11-14/h3-11H,12H2,1-2H3,(H,24,25)(H,21,22,23). The van der Waals surface area contributed by atoms with Gasteiger partial charge in [0, 0.05) is 25.0 Å². The summed E-state index contributed by atoms with van der Waals surface area (Å²) in [4.78, 5) is 25.2. The van der Waals surface area contributed by atoms with Gasteiger partial charge in [0.25, 0.3) is 5.91 Å². The molecule has 2 heterocycles. The number of nitrogens with zero attached hydrogens (tertiary/aromatic N) is 3. The van der Waals surface area contributed by atoms with Gasteiger partial charge in [-0.3, -0.25) is 9.78 Å². The Hall–Kier alpha value is -3.48. The Morgan fingerprint density at radius 3 is 2.77 bits per heavy atom. The molecule has 0 saturated heterocycles. The Morgan fingerprint density at radius 1 is 1.15 bits per heavy atom. The van der Waals surface area contributed by atoms with Crippen LogP contribution in [-0.2, 0) is 6.54 Å². The van der Waals surface area contributed by atoms with Gasteiger partial charge in [-0.2, -0.15) is 0 Å². The highest BCUT2D eigenvalue weighted by atomic mass is 16.5. The number of pyridine rings is 1. The maximum atomic E-state index is 12.6. The van der Waals surface area contributed by atoms with Gasteiger partial charge in [-0.15, -0.1) is 0 Å². The molecule has 132 valence electrons. The van der Waals surface area contributed by atoms with Crippen molar-refractivity contribution < 1.29 is 9.53 Å². The van der Waals surface area contributed by atoms with Crippen LogP contribution < -0.4 is 15.4 Å². The van der Waals surface area contributed by atoms with Crippen molar-refractivity contribution in [2.75, 3.05) is 17.7 Å². The van der Waals surface area contributed by atoms with Crippen LogP contribution in [0.3, 0.4) is 0 Å². The summed E-state index contributed by atoms with van der Waals surface area (Å²) < 4.78 is 5.25. The molecule has 0 atom stereocenters. The number of amides is 1. The van der Waals surface area contributed by atoms with E-state index < -0.39 is 0 Å². The molecule has 0 fully saturated rings. The maximum Gasteiger partial charge on any atom is 0.274 e. The zero-order chi connectivity index (χ0) is 18.4. The Balaban J connectivity index is 1.75. The molecule has 0 unspecified atom stereocenters. The number of nitrogens with one attached hydrogen (secondary N) is 2. The van der Waals surface area contributed by atoms with Crippen molar-refractivity contribution in [2.45, 2.75) is 13.5 Å². The lowest BCUT2D eigenvalue weighted by Crippen LogP contribution is -2.16. The second-order valence-electron chi connectivity index (χ2n) is 5.55. The molecule has 1 aromatic carbocycles. The van der Waals surface area contributed by atoms with Crippen molar-refractivity contribution in [3.05, 3.63) is 71.9 Å². The maximum absolute atomic E-state index is 12.6. The molecule has 0 bridgehead atoms. The van der Waals surface area contributed by atoms with E-state index >= 15 is 0 Å². The molecule has 26 heavy (non-hydrogen) atoms. The molecule has 3 rings (SSSR count). The van der Waals surface area contributed by atoms with Gasteiger partial charge in [0.1, 0.15) is 23.1 Å². The van der Waals surface area contributed by atoms with Crippen LogP contribution in [0.25, 0.3) is 0 Å². The fraction of sp³-hybridized carbons (Fsp3) is 0.158. The number of aryl methyl sites for hydroxylation is 1. The average Bonchev–Trinajstić information content (AvgIpc) is 2.67. The number of ether oxygens (including phenoxy) is 1. The van der Waals surface area contributed by atoms with E-state index in [-0.39, 0.29) is 11.6 Å². The van der Waals surface area contributed by atoms with E-state index in [4.69, 9.17) is 4.74 Å². The second kappa shape index (κ2) is 8.06. The molecule has 0 aliphatic carbocycles. The van der Waals surface area contributed by atoms with Crippen LogP contribution in [0.15, 0.2) is 54.9 Å². The lowest BCUT2D eigenvalue weighted by Gasteiger charge is -2.11. The first kappa shape index (κ1) is 17.3. The Kier molecular flexibility index (Phi) is 5.38. The summed E-state index contributed by atoms with van der Waals surface area (Å²) in [6.45, 7) is 2.30. The van der Waals surface area contributed by atoms with Crippen LogP contribution in [0.2, 0.25) is 0 Å². The average molecular weight is 349 g/mol. The van der Waals surface area contributed by atoms with E-state index in [0.717, 1.165) is 5.56 Å². The van der Waals surface area contributed by atoms with Gasteiger partial charge in [-0.1, -0.05) is 18.2 Å². The van der Waals surface area contributed by atoms with Crippen LogP contribution in [-0.4, -0.2) is 28.0 Å². The number of methoxy groups -OCH3 is 1. The van der Waals surface area contributed by atoms with Crippen molar-refractivity contribution in [3.63, 3.8) is 0 Å².